The van der Waals surface area contributed by atoms with Crippen molar-refractivity contribution in [2.45, 2.75) is 56.3 Å². The summed E-state index contributed by atoms with van der Waals surface area (Å²) in [4.78, 5) is 58.3. The van der Waals surface area contributed by atoms with Crippen LogP contribution in [0.3, 0.4) is 0 Å². The Morgan fingerprint density at radius 1 is 0.844 bits per heavy atom. The smallest absolute Gasteiger partial charge is 0.326 e. The fraction of sp³-hybridized carbons (Fsp3) is 0.303. The molecule has 8 N–H and O–H groups in total. The molecule has 236 valence electrons. The Bertz CT molecular complexity index is 1510. The summed E-state index contributed by atoms with van der Waals surface area (Å²) in [5, 5.41) is 25.8. The minimum atomic E-state index is -1.42. The van der Waals surface area contributed by atoms with Crippen molar-refractivity contribution in [1.82, 2.24) is 10.6 Å². The minimum absolute atomic E-state index is 0.0518. The molecule has 3 aromatic rings. The Balaban J connectivity index is 1.58. The van der Waals surface area contributed by atoms with Gasteiger partial charge in [-0.3, -0.25) is 24.3 Å². The fourth-order valence-electron chi connectivity index (χ4n) is 5.31. The Labute approximate surface area is 261 Å². The van der Waals surface area contributed by atoms with Gasteiger partial charge in [0.25, 0.3) is 5.91 Å². The number of nitrogens with zero attached hydrogens (tertiary/aromatic N) is 2. The number of carbonyl (C=O) groups is 4. The number of fused-ring (bicyclic) bond motifs is 1. The summed E-state index contributed by atoms with van der Waals surface area (Å²) in [6.45, 7) is 0.193. The molecule has 1 aliphatic rings. The van der Waals surface area contributed by atoms with Gasteiger partial charge in [0.05, 0.1) is 0 Å². The number of nitrogens with two attached hydrogens (primary N) is 2. The van der Waals surface area contributed by atoms with E-state index in [2.05, 4.69) is 15.6 Å². The number of aliphatic imine (C=N–C) groups is 1. The minimum Gasteiger partial charge on any atom is -0.480 e. The second-order valence-corrected chi connectivity index (χ2v) is 10.9. The van der Waals surface area contributed by atoms with E-state index in [9.17, 15) is 29.4 Å². The Morgan fingerprint density at radius 3 is 2.07 bits per heavy atom. The molecule has 3 amide bonds. The number of nitrogens with one attached hydrogen (secondary N) is 2. The summed E-state index contributed by atoms with van der Waals surface area (Å²) >= 11 is 0. The number of amides is 3. The third-order valence-electron chi connectivity index (χ3n) is 7.55. The summed E-state index contributed by atoms with van der Waals surface area (Å²) in [6.07, 6.45) is -0.749. The molecule has 0 fully saturated rings. The Kier molecular flexibility index (Phi) is 11.2. The number of aliphatic hydroxyl groups is 1. The van der Waals surface area contributed by atoms with Crippen LogP contribution in [0.4, 0.5) is 5.69 Å². The zero-order chi connectivity index (χ0) is 32.3. The number of hydrogen-bond acceptors (Lipinski definition) is 6. The molecule has 0 saturated heterocycles. The lowest BCUT2D eigenvalue weighted by atomic mass is 10.0. The van der Waals surface area contributed by atoms with Crippen LogP contribution in [0.15, 0.2) is 89.9 Å². The highest BCUT2D eigenvalue weighted by Crippen LogP contribution is 2.33. The highest BCUT2D eigenvalue weighted by atomic mass is 16.4. The largest absolute Gasteiger partial charge is 0.480 e. The van der Waals surface area contributed by atoms with Crippen molar-refractivity contribution in [3.05, 3.63) is 102 Å². The molecule has 12 nitrogen and oxygen atoms in total. The lowest BCUT2D eigenvalue weighted by Crippen LogP contribution is -2.58. The van der Waals surface area contributed by atoms with E-state index in [1.165, 1.54) is 4.90 Å². The predicted molar refractivity (Wildman–Crippen MR) is 169 cm³/mol. The number of carboxylic acids is 1. The highest BCUT2D eigenvalue weighted by molar-refractivity contribution is 6.07. The average molecular weight is 615 g/mol. The molecule has 0 radical (unpaired) electrons. The molecule has 45 heavy (non-hydrogen) atoms. The number of hydrogen-bond donors (Lipinski definition) is 6. The molecule has 3 aromatic carbocycles. The molecular weight excluding hydrogens is 576 g/mol. The Hall–Kier alpha value is -5.23. The van der Waals surface area contributed by atoms with Crippen LogP contribution >= 0.6 is 0 Å². The normalized spacial score (nSPS) is 15.7. The fourth-order valence-corrected chi connectivity index (χ4v) is 5.31. The van der Waals surface area contributed by atoms with Crippen molar-refractivity contribution in [2.24, 2.45) is 16.5 Å². The maximum atomic E-state index is 14.3. The van der Waals surface area contributed by atoms with Gasteiger partial charge in [-0.1, -0.05) is 78.9 Å². The highest BCUT2D eigenvalue weighted by Gasteiger charge is 2.42. The monoisotopic (exact) mass is 614 g/mol. The molecule has 0 bridgehead atoms. The van der Waals surface area contributed by atoms with Gasteiger partial charge < -0.3 is 32.3 Å². The first-order chi connectivity index (χ1) is 21.6. The van der Waals surface area contributed by atoms with Crippen molar-refractivity contribution >= 4 is 35.3 Å². The zero-order valence-corrected chi connectivity index (χ0v) is 24.7. The molecule has 12 heteroatoms. The molecule has 0 aromatic heterocycles. The van der Waals surface area contributed by atoms with E-state index in [1.807, 2.05) is 36.4 Å². The number of anilines is 1. The van der Waals surface area contributed by atoms with Gasteiger partial charge in [0, 0.05) is 31.5 Å². The number of rotatable bonds is 14. The van der Waals surface area contributed by atoms with Gasteiger partial charge in [-0.25, -0.2) is 4.79 Å². The van der Waals surface area contributed by atoms with Crippen LogP contribution in [-0.2, 0) is 38.4 Å². The average Bonchev–Trinajstić information content (AvgIpc) is 3.42. The first-order valence-corrected chi connectivity index (χ1v) is 14.7. The van der Waals surface area contributed by atoms with E-state index >= 15 is 0 Å². The van der Waals surface area contributed by atoms with Crippen molar-refractivity contribution in [3.8, 4) is 0 Å². The van der Waals surface area contributed by atoms with Gasteiger partial charge in [-0.15, -0.1) is 0 Å². The number of aliphatic carboxylic acids is 1. The van der Waals surface area contributed by atoms with Gasteiger partial charge >= 0.3 is 5.97 Å². The molecule has 4 atom stereocenters. The van der Waals surface area contributed by atoms with E-state index in [1.54, 1.807) is 48.5 Å². The lowest BCUT2D eigenvalue weighted by Gasteiger charge is -2.30. The number of aliphatic hydroxyl groups excluding tert-OH is 1. The van der Waals surface area contributed by atoms with E-state index in [-0.39, 0.29) is 38.2 Å². The number of benzene rings is 3. The van der Waals surface area contributed by atoms with E-state index in [0.717, 1.165) is 16.7 Å². The summed E-state index contributed by atoms with van der Waals surface area (Å²) in [5.41, 5.74) is 13.4. The molecule has 4 rings (SSSR count). The third-order valence-corrected chi connectivity index (χ3v) is 7.55. The first kappa shape index (κ1) is 32.7. The summed E-state index contributed by atoms with van der Waals surface area (Å²) in [7, 11) is 0. The maximum absolute atomic E-state index is 14.3. The molecule has 0 saturated carbocycles. The SMILES string of the molecule is NC(N)=NCCC[C@H](NC(=O)[C@@H]1Cc2ccccc2N1C(=O)[C@@H](Cc1ccccc1)NC(=O)[C@H](O)Cc1ccccc1)C(=O)O. The van der Waals surface area contributed by atoms with Crippen LogP contribution in [0.2, 0.25) is 0 Å². The number of carboxylic acid groups (broad SMARTS) is 1. The van der Waals surface area contributed by atoms with Crippen molar-refractivity contribution < 1.29 is 29.4 Å². The van der Waals surface area contributed by atoms with Crippen LogP contribution in [0, 0.1) is 0 Å². The maximum Gasteiger partial charge on any atom is 0.326 e. The van der Waals surface area contributed by atoms with Crippen molar-refractivity contribution in [3.63, 3.8) is 0 Å². The number of carbonyl (C=O) groups excluding carboxylic acids is 3. The molecule has 0 unspecified atom stereocenters. The second-order valence-electron chi connectivity index (χ2n) is 10.9. The third kappa shape index (κ3) is 8.89. The molecule has 1 aliphatic heterocycles. The lowest BCUT2D eigenvalue weighted by molar-refractivity contribution is -0.142. The van der Waals surface area contributed by atoms with Gasteiger partial charge in [0.1, 0.15) is 24.2 Å². The molecular formula is C33H38N6O6. The van der Waals surface area contributed by atoms with Gasteiger partial charge in [0.15, 0.2) is 5.96 Å². The van der Waals surface area contributed by atoms with E-state index in [4.69, 9.17) is 11.5 Å². The van der Waals surface area contributed by atoms with Crippen LogP contribution in [0.1, 0.15) is 29.5 Å². The van der Waals surface area contributed by atoms with Crippen molar-refractivity contribution in [1.29, 1.82) is 0 Å². The van der Waals surface area contributed by atoms with Gasteiger partial charge in [-0.05, 0) is 35.6 Å². The zero-order valence-electron chi connectivity index (χ0n) is 24.7. The topological polar surface area (TPSA) is 200 Å². The van der Waals surface area contributed by atoms with Crippen LogP contribution < -0.4 is 27.0 Å². The first-order valence-electron chi connectivity index (χ1n) is 14.7. The quantitative estimate of drug-likeness (QED) is 0.0873. The van der Waals surface area contributed by atoms with Gasteiger partial charge in [-0.2, -0.15) is 0 Å². The molecule has 1 heterocycles. The van der Waals surface area contributed by atoms with Crippen LogP contribution in [0.25, 0.3) is 0 Å². The standard InChI is InChI=1S/C33H38N6O6/c34-33(35)36-17-9-15-24(32(44)45)37-29(41)27-20-23-14-7-8-16-26(23)39(27)31(43)25(18-21-10-3-1-4-11-21)38-30(42)28(40)19-22-12-5-2-6-13-22/h1-8,10-14,16,24-25,27-28,40H,9,15,17-20H2,(H,37,41)(H,38,42)(H,44,45)(H4,34,35,36)/t24-,25+,27-,28+/m0/s1. The summed E-state index contributed by atoms with van der Waals surface area (Å²) in [6, 6.07) is 21.7. The summed E-state index contributed by atoms with van der Waals surface area (Å²) in [5.74, 6) is -3.29. The predicted octanol–water partition coefficient (Wildman–Crippen LogP) is 0.898. The summed E-state index contributed by atoms with van der Waals surface area (Å²) < 4.78 is 0. The van der Waals surface area contributed by atoms with Crippen molar-refractivity contribution in [2.75, 3.05) is 11.4 Å². The number of para-hydroxylation sites is 1. The van der Waals surface area contributed by atoms with Crippen LogP contribution in [-0.4, -0.2) is 70.6 Å². The van der Waals surface area contributed by atoms with E-state index < -0.39 is 47.9 Å². The molecule has 0 spiro atoms. The Morgan fingerprint density at radius 2 is 1.44 bits per heavy atom. The van der Waals surface area contributed by atoms with Crippen LogP contribution in [0.5, 0.6) is 0 Å². The molecule has 0 aliphatic carbocycles. The van der Waals surface area contributed by atoms with Gasteiger partial charge in [0.2, 0.25) is 11.8 Å². The van der Waals surface area contributed by atoms with E-state index in [0.29, 0.717) is 12.1 Å². The number of guanidine groups is 1. The second kappa shape index (κ2) is 15.5.